The molecule has 10 heteroatoms. The Morgan fingerprint density at radius 2 is 1.82 bits per heavy atom. The molecule has 0 bridgehead atoms. The molecule has 1 saturated heterocycles. The number of hydrogen-bond acceptors (Lipinski definition) is 8. The maximum atomic E-state index is 12.8. The van der Waals surface area contributed by atoms with E-state index in [1.807, 2.05) is 6.07 Å². The standard InChI is InChI=1S/C24H29N5O5/c1-33-18-3-4-19(22(31)34-2)20(11-18)29-9-5-16(6-10-29)12-27-23(32)24(7-8-24)28-21(30)17-13-25-15-26-14-17/h3-4,11,13-16H,5-10,12H2,1-2H3,(H,27,32)(H,28,30). The molecule has 2 aromatic rings. The van der Waals surface area contributed by atoms with Crippen LogP contribution in [0, 0.1) is 5.92 Å². The van der Waals surface area contributed by atoms with Crippen LogP contribution in [0.1, 0.15) is 46.4 Å². The van der Waals surface area contributed by atoms with Gasteiger partial charge in [-0.1, -0.05) is 0 Å². The maximum absolute atomic E-state index is 12.8. The van der Waals surface area contributed by atoms with Gasteiger partial charge in [0.2, 0.25) is 5.91 Å². The lowest BCUT2D eigenvalue weighted by atomic mass is 9.95. The van der Waals surface area contributed by atoms with Gasteiger partial charge in [0.15, 0.2) is 0 Å². The van der Waals surface area contributed by atoms with Crippen LogP contribution in [0.2, 0.25) is 0 Å². The zero-order chi connectivity index (χ0) is 24.1. The van der Waals surface area contributed by atoms with E-state index in [1.54, 1.807) is 19.2 Å². The zero-order valence-electron chi connectivity index (χ0n) is 19.4. The summed E-state index contributed by atoms with van der Waals surface area (Å²) in [5.74, 6) is 0.102. The summed E-state index contributed by atoms with van der Waals surface area (Å²) < 4.78 is 10.3. The van der Waals surface area contributed by atoms with Crippen LogP contribution in [0.5, 0.6) is 5.75 Å². The molecular formula is C24H29N5O5. The van der Waals surface area contributed by atoms with Crippen LogP contribution in [0.4, 0.5) is 5.69 Å². The number of carbonyl (C=O) groups excluding carboxylic acids is 3. The topological polar surface area (TPSA) is 123 Å². The first-order chi connectivity index (χ1) is 16.5. The number of nitrogens with one attached hydrogen (secondary N) is 2. The minimum Gasteiger partial charge on any atom is -0.497 e. The third-order valence-corrected chi connectivity index (χ3v) is 6.48. The van der Waals surface area contributed by atoms with E-state index in [4.69, 9.17) is 9.47 Å². The fourth-order valence-electron chi connectivity index (χ4n) is 4.21. The van der Waals surface area contributed by atoms with Crippen LogP contribution in [0.25, 0.3) is 0 Å². The Hall–Kier alpha value is -3.69. The summed E-state index contributed by atoms with van der Waals surface area (Å²) in [5.41, 5.74) is 0.783. The number of anilines is 1. The number of esters is 1. The lowest BCUT2D eigenvalue weighted by molar-refractivity contribution is -0.124. The van der Waals surface area contributed by atoms with E-state index in [1.165, 1.54) is 25.8 Å². The Morgan fingerprint density at radius 3 is 2.44 bits per heavy atom. The molecule has 1 saturated carbocycles. The van der Waals surface area contributed by atoms with Crippen molar-refractivity contribution in [3.63, 3.8) is 0 Å². The molecule has 1 aliphatic heterocycles. The number of rotatable bonds is 8. The highest BCUT2D eigenvalue weighted by Gasteiger charge is 2.51. The van der Waals surface area contributed by atoms with Crippen molar-refractivity contribution in [3.05, 3.63) is 48.0 Å². The largest absolute Gasteiger partial charge is 0.497 e. The molecule has 2 N–H and O–H groups in total. The minimum atomic E-state index is -0.844. The molecule has 1 aliphatic carbocycles. The fraction of sp³-hybridized carbons (Fsp3) is 0.458. The molecule has 34 heavy (non-hydrogen) atoms. The molecule has 0 spiro atoms. The van der Waals surface area contributed by atoms with Crippen molar-refractivity contribution in [3.8, 4) is 5.75 Å². The second-order valence-electron chi connectivity index (χ2n) is 8.68. The van der Waals surface area contributed by atoms with Crippen LogP contribution in [0.15, 0.2) is 36.9 Å². The number of piperidine rings is 1. The molecule has 2 aliphatic rings. The van der Waals surface area contributed by atoms with E-state index in [0.717, 1.165) is 31.6 Å². The quantitative estimate of drug-likeness (QED) is 0.561. The van der Waals surface area contributed by atoms with Gasteiger partial charge in [0, 0.05) is 38.1 Å². The number of amides is 2. The molecule has 0 atom stereocenters. The Morgan fingerprint density at radius 1 is 1.12 bits per heavy atom. The number of benzene rings is 1. The second-order valence-corrected chi connectivity index (χ2v) is 8.68. The number of nitrogens with zero attached hydrogens (tertiary/aromatic N) is 3. The van der Waals surface area contributed by atoms with Crippen LogP contribution >= 0.6 is 0 Å². The van der Waals surface area contributed by atoms with E-state index in [0.29, 0.717) is 42.2 Å². The van der Waals surface area contributed by atoms with Crippen molar-refractivity contribution in [1.82, 2.24) is 20.6 Å². The van der Waals surface area contributed by atoms with Gasteiger partial charge in [-0.25, -0.2) is 14.8 Å². The van der Waals surface area contributed by atoms with Gasteiger partial charge in [0.25, 0.3) is 5.91 Å². The van der Waals surface area contributed by atoms with E-state index in [-0.39, 0.29) is 17.8 Å². The Bertz CT molecular complexity index is 1050. The molecule has 180 valence electrons. The van der Waals surface area contributed by atoms with E-state index in [9.17, 15) is 14.4 Å². The molecule has 2 amide bonds. The molecule has 4 rings (SSSR count). The van der Waals surface area contributed by atoms with E-state index < -0.39 is 5.54 Å². The number of carbonyl (C=O) groups is 3. The van der Waals surface area contributed by atoms with Gasteiger partial charge >= 0.3 is 5.97 Å². The zero-order valence-corrected chi connectivity index (χ0v) is 19.4. The lowest BCUT2D eigenvalue weighted by Crippen LogP contribution is -2.50. The Balaban J connectivity index is 1.30. The summed E-state index contributed by atoms with van der Waals surface area (Å²) in [6, 6.07) is 5.32. The molecule has 1 aromatic heterocycles. The first-order valence-electron chi connectivity index (χ1n) is 11.3. The van der Waals surface area contributed by atoms with Crippen molar-refractivity contribution >= 4 is 23.5 Å². The van der Waals surface area contributed by atoms with Gasteiger partial charge in [-0.15, -0.1) is 0 Å². The van der Waals surface area contributed by atoms with E-state index in [2.05, 4.69) is 25.5 Å². The first-order valence-corrected chi connectivity index (χ1v) is 11.3. The number of aromatic nitrogens is 2. The summed E-state index contributed by atoms with van der Waals surface area (Å²) in [7, 11) is 2.96. The number of hydrogen-bond donors (Lipinski definition) is 2. The Labute approximate surface area is 198 Å². The predicted molar refractivity (Wildman–Crippen MR) is 124 cm³/mol. The molecule has 10 nitrogen and oxygen atoms in total. The van der Waals surface area contributed by atoms with Crippen LogP contribution in [0.3, 0.4) is 0 Å². The van der Waals surface area contributed by atoms with Gasteiger partial charge in [-0.3, -0.25) is 9.59 Å². The third kappa shape index (κ3) is 5.11. The molecule has 2 heterocycles. The molecular weight excluding hydrogens is 438 g/mol. The number of methoxy groups -OCH3 is 2. The maximum Gasteiger partial charge on any atom is 0.339 e. The average Bonchev–Trinajstić information content (AvgIpc) is 3.67. The van der Waals surface area contributed by atoms with Crippen molar-refractivity contribution in [2.75, 3.05) is 38.8 Å². The van der Waals surface area contributed by atoms with Crippen molar-refractivity contribution in [1.29, 1.82) is 0 Å². The highest BCUT2D eigenvalue weighted by Crippen LogP contribution is 2.36. The van der Waals surface area contributed by atoms with Gasteiger partial charge in [-0.05, 0) is 43.7 Å². The summed E-state index contributed by atoms with van der Waals surface area (Å²) in [6.45, 7) is 2.03. The average molecular weight is 468 g/mol. The predicted octanol–water partition coefficient (Wildman–Crippen LogP) is 1.57. The minimum absolute atomic E-state index is 0.152. The van der Waals surface area contributed by atoms with Crippen LogP contribution in [-0.2, 0) is 9.53 Å². The fourth-order valence-corrected chi connectivity index (χ4v) is 4.21. The normalized spacial score (nSPS) is 16.9. The van der Waals surface area contributed by atoms with Crippen molar-refractivity contribution < 1.29 is 23.9 Å². The highest BCUT2D eigenvalue weighted by molar-refractivity contribution is 6.00. The SMILES string of the molecule is COC(=O)c1ccc(OC)cc1N1CCC(CNC(=O)C2(NC(=O)c3cncnc3)CC2)CC1. The smallest absolute Gasteiger partial charge is 0.339 e. The van der Waals surface area contributed by atoms with Gasteiger partial charge in [-0.2, -0.15) is 0 Å². The van der Waals surface area contributed by atoms with Gasteiger partial charge < -0.3 is 25.0 Å². The first kappa shape index (κ1) is 23.5. The molecule has 0 radical (unpaired) electrons. The van der Waals surface area contributed by atoms with E-state index >= 15 is 0 Å². The summed E-state index contributed by atoms with van der Waals surface area (Å²) in [5, 5.41) is 5.86. The van der Waals surface area contributed by atoms with Crippen molar-refractivity contribution in [2.45, 2.75) is 31.2 Å². The molecule has 0 unspecified atom stereocenters. The summed E-state index contributed by atoms with van der Waals surface area (Å²) in [6.07, 6.45) is 7.16. The Kier molecular flexibility index (Phi) is 6.95. The van der Waals surface area contributed by atoms with Crippen molar-refractivity contribution in [2.24, 2.45) is 5.92 Å². The molecule has 2 fully saturated rings. The van der Waals surface area contributed by atoms with Gasteiger partial charge in [0.1, 0.15) is 17.6 Å². The monoisotopic (exact) mass is 467 g/mol. The summed E-state index contributed by atoms with van der Waals surface area (Å²) >= 11 is 0. The van der Waals surface area contributed by atoms with Gasteiger partial charge in [0.05, 0.1) is 31.0 Å². The summed E-state index contributed by atoms with van der Waals surface area (Å²) in [4.78, 5) is 47.3. The van der Waals surface area contributed by atoms with Crippen LogP contribution < -0.4 is 20.3 Å². The van der Waals surface area contributed by atoms with Crippen LogP contribution in [-0.4, -0.2) is 67.1 Å². The third-order valence-electron chi connectivity index (χ3n) is 6.48. The highest BCUT2D eigenvalue weighted by atomic mass is 16.5. The molecule has 1 aromatic carbocycles. The number of ether oxygens (including phenoxy) is 2. The second kappa shape index (κ2) is 10.1. The lowest BCUT2D eigenvalue weighted by Gasteiger charge is -2.35.